The molecule has 0 fully saturated rings. The fraction of sp³-hybridized carbons (Fsp3) is 0.188. The maximum Gasteiger partial charge on any atom is 0.193 e. The summed E-state index contributed by atoms with van der Waals surface area (Å²) in [7, 11) is 3.07. The fourth-order valence-corrected chi connectivity index (χ4v) is 1.94. The van der Waals surface area contributed by atoms with Crippen LogP contribution in [0.4, 0.5) is 0 Å². The SMILES string of the molecule is COc1ccc(C(=O)c2ccc(O)c(C)c2)cc1OC. The van der Waals surface area contributed by atoms with Gasteiger partial charge in [-0.3, -0.25) is 4.79 Å². The summed E-state index contributed by atoms with van der Waals surface area (Å²) >= 11 is 0. The first kappa shape index (κ1) is 13.9. The number of carbonyl (C=O) groups excluding carboxylic acids is 1. The molecule has 104 valence electrons. The highest BCUT2D eigenvalue weighted by Crippen LogP contribution is 2.29. The number of carbonyl (C=O) groups is 1. The van der Waals surface area contributed by atoms with E-state index in [1.807, 2.05) is 0 Å². The molecule has 0 aromatic heterocycles. The molecule has 0 aliphatic rings. The normalized spacial score (nSPS) is 10.2. The average molecular weight is 272 g/mol. The van der Waals surface area contributed by atoms with Crippen molar-refractivity contribution in [2.75, 3.05) is 14.2 Å². The van der Waals surface area contributed by atoms with Gasteiger partial charge in [0.25, 0.3) is 0 Å². The first-order chi connectivity index (χ1) is 9.56. The minimum Gasteiger partial charge on any atom is -0.508 e. The second-order valence-corrected chi connectivity index (χ2v) is 4.40. The van der Waals surface area contributed by atoms with E-state index in [-0.39, 0.29) is 11.5 Å². The molecule has 0 heterocycles. The lowest BCUT2D eigenvalue weighted by molar-refractivity contribution is 0.103. The Bertz CT molecular complexity index is 647. The molecule has 0 atom stereocenters. The van der Waals surface area contributed by atoms with Gasteiger partial charge in [0.1, 0.15) is 5.75 Å². The van der Waals surface area contributed by atoms with Gasteiger partial charge in [0.05, 0.1) is 14.2 Å². The number of methoxy groups -OCH3 is 2. The molecule has 0 unspecified atom stereocenters. The lowest BCUT2D eigenvalue weighted by atomic mass is 10.0. The van der Waals surface area contributed by atoms with Crippen LogP contribution in [-0.2, 0) is 0 Å². The van der Waals surface area contributed by atoms with Crippen molar-refractivity contribution >= 4 is 5.78 Å². The Labute approximate surface area is 117 Å². The lowest BCUT2D eigenvalue weighted by Crippen LogP contribution is -2.02. The maximum atomic E-state index is 12.4. The van der Waals surface area contributed by atoms with Crippen molar-refractivity contribution in [1.29, 1.82) is 0 Å². The summed E-state index contributed by atoms with van der Waals surface area (Å²) in [4.78, 5) is 12.4. The Morgan fingerprint density at radius 2 is 1.55 bits per heavy atom. The molecule has 4 nitrogen and oxygen atoms in total. The highest BCUT2D eigenvalue weighted by Gasteiger charge is 2.13. The molecule has 0 spiro atoms. The van der Waals surface area contributed by atoms with Gasteiger partial charge in [0.15, 0.2) is 17.3 Å². The second kappa shape index (κ2) is 5.65. The third-order valence-electron chi connectivity index (χ3n) is 3.10. The summed E-state index contributed by atoms with van der Waals surface area (Å²) in [6.07, 6.45) is 0. The van der Waals surface area contributed by atoms with Gasteiger partial charge in [0, 0.05) is 11.1 Å². The topological polar surface area (TPSA) is 55.8 Å². The van der Waals surface area contributed by atoms with E-state index in [4.69, 9.17) is 9.47 Å². The first-order valence-corrected chi connectivity index (χ1v) is 6.13. The van der Waals surface area contributed by atoms with Gasteiger partial charge in [-0.2, -0.15) is 0 Å². The Balaban J connectivity index is 2.40. The van der Waals surface area contributed by atoms with Gasteiger partial charge < -0.3 is 14.6 Å². The molecule has 0 aliphatic carbocycles. The molecule has 0 saturated carbocycles. The standard InChI is InChI=1S/C16H16O4/c1-10-8-11(4-6-13(10)17)16(18)12-5-7-14(19-2)15(9-12)20-3/h4-9,17H,1-3H3. The largest absolute Gasteiger partial charge is 0.508 e. The monoisotopic (exact) mass is 272 g/mol. The number of ketones is 1. The van der Waals surface area contributed by atoms with E-state index in [9.17, 15) is 9.90 Å². The van der Waals surface area contributed by atoms with Gasteiger partial charge in [-0.15, -0.1) is 0 Å². The highest BCUT2D eigenvalue weighted by molar-refractivity contribution is 6.09. The van der Waals surface area contributed by atoms with E-state index in [0.29, 0.717) is 28.2 Å². The van der Waals surface area contributed by atoms with Crippen molar-refractivity contribution in [2.24, 2.45) is 0 Å². The number of hydrogen-bond acceptors (Lipinski definition) is 4. The summed E-state index contributed by atoms with van der Waals surface area (Å²) in [6, 6.07) is 9.80. The van der Waals surface area contributed by atoms with E-state index in [0.717, 1.165) is 0 Å². The van der Waals surface area contributed by atoms with Crippen LogP contribution in [0.1, 0.15) is 21.5 Å². The van der Waals surface area contributed by atoms with Crippen LogP contribution >= 0.6 is 0 Å². The molecular weight excluding hydrogens is 256 g/mol. The number of rotatable bonds is 4. The Hall–Kier alpha value is -2.49. The number of aromatic hydroxyl groups is 1. The minimum atomic E-state index is -0.131. The van der Waals surface area contributed by atoms with Crippen molar-refractivity contribution in [1.82, 2.24) is 0 Å². The molecule has 20 heavy (non-hydrogen) atoms. The molecule has 2 aromatic rings. The molecule has 0 radical (unpaired) electrons. The third-order valence-corrected chi connectivity index (χ3v) is 3.10. The number of phenols is 1. The van der Waals surface area contributed by atoms with Crippen LogP contribution in [0.3, 0.4) is 0 Å². The Morgan fingerprint density at radius 3 is 2.15 bits per heavy atom. The quantitative estimate of drug-likeness (QED) is 0.869. The van der Waals surface area contributed by atoms with E-state index in [2.05, 4.69) is 0 Å². The lowest BCUT2D eigenvalue weighted by Gasteiger charge is -2.09. The van der Waals surface area contributed by atoms with Gasteiger partial charge in [-0.25, -0.2) is 0 Å². The zero-order chi connectivity index (χ0) is 14.7. The maximum absolute atomic E-state index is 12.4. The molecule has 0 aliphatic heterocycles. The highest BCUT2D eigenvalue weighted by atomic mass is 16.5. The fourth-order valence-electron chi connectivity index (χ4n) is 1.94. The van der Waals surface area contributed by atoms with Crippen molar-refractivity contribution < 1.29 is 19.4 Å². The first-order valence-electron chi connectivity index (χ1n) is 6.13. The van der Waals surface area contributed by atoms with E-state index >= 15 is 0 Å². The van der Waals surface area contributed by atoms with Crippen LogP contribution in [0.15, 0.2) is 36.4 Å². The summed E-state index contributed by atoms with van der Waals surface area (Å²) in [5.74, 6) is 1.13. The van der Waals surface area contributed by atoms with Crippen LogP contribution < -0.4 is 9.47 Å². The van der Waals surface area contributed by atoms with Crippen molar-refractivity contribution in [3.05, 3.63) is 53.1 Å². The summed E-state index contributed by atoms with van der Waals surface area (Å²) in [6.45, 7) is 1.75. The summed E-state index contributed by atoms with van der Waals surface area (Å²) in [5, 5.41) is 9.50. The number of hydrogen-bond donors (Lipinski definition) is 1. The zero-order valence-electron chi connectivity index (χ0n) is 11.6. The molecule has 2 aromatic carbocycles. The zero-order valence-corrected chi connectivity index (χ0v) is 11.6. The van der Waals surface area contributed by atoms with Gasteiger partial charge in [-0.05, 0) is 48.9 Å². The molecule has 0 amide bonds. The van der Waals surface area contributed by atoms with Crippen molar-refractivity contribution in [3.63, 3.8) is 0 Å². The number of ether oxygens (including phenoxy) is 2. The number of phenolic OH excluding ortho intramolecular Hbond substituents is 1. The Kier molecular flexibility index (Phi) is 3.94. The average Bonchev–Trinajstić information content (AvgIpc) is 2.48. The van der Waals surface area contributed by atoms with E-state index in [1.165, 1.54) is 13.2 Å². The molecular formula is C16H16O4. The van der Waals surface area contributed by atoms with Crippen LogP contribution in [0.2, 0.25) is 0 Å². The second-order valence-electron chi connectivity index (χ2n) is 4.40. The molecule has 4 heteroatoms. The van der Waals surface area contributed by atoms with Gasteiger partial charge in [-0.1, -0.05) is 0 Å². The Morgan fingerprint density at radius 1 is 0.950 bits per heavy atom. The van der Waals surface area contributed by atoms with Crippen LogP contribution in [0.5, 0.6) is 17.2 Å². The summed E-state index contributed by atoms with van der Waals surface area (Å²) in [5.41, 5.74) is 1.69. The van der Waals surface area contributed by atoms with E-state index in [1.54, 1.807) is 44.4 Å². The number of benzene rings is 2. The number of aryl methyl sites for hydroxylation is 1. The molecule has 2 rings (SSSR count). The van der Waals surface area contributed by atoms with E-state index < -0.39 is 0 Å². The summed E-state index contributed by atoms with van der Waals surface area (Å²) < 4.78 is 10.3. The third kappa shape index (κ3) is 2.59. The minimum absolute atomic E-state index is 0.131. The van der Waals surface area contributed by atoms with Crippen molar-refractivity contribution in [2.45, 2.75) is 6.92 Å². The van der Waals surface area contributed by atoms with Crippen LogP contribution in [0.25, 0.3) is 0 Å². The predicted octanol–water partition coefficient (Wildman–Crippen LogP) is 2.95. The van der Waals surface area contributed by atoms with Gasteiger partial charge >= 0.3 is 0 Å². The molecule has 1 N–H and O–H groups in total. The molecule has 0 saturated heterocycles. The predicted molar refractivity (Wildman–Crippen MR) is 75.8 cm³/mol. The molecule has 0 bridgehead atoms. The smallest absolute Gasteiger partial charge is 0.193 e. The van der Waals surface area contributed by atoms with Crippen LogP contribution in [0, 0.1) is 6.92 Å². The van der Waals surface area contributed by atoms with Gasteiger partial charge in [0.2, 0.25) is 0 Å². The van der Waals surface area contributed by atoms with Crippen LogP contribution in [-0.4, -0.2) is 25.1 Å². The van der Waals surface area contributed by atoms with Crippen molar-refractivity contribution in [3.8, 4) is 17.2 Å².